The first kappa shape index (κ1) is 14.1. The van der Waals surface area contributed by atoms with E-state index < -0.39 is 5.92 Å². The monoisotopic (exact) mass is 302 g/mol. The number of phenols is 3. The van der Waals surface area contributed by atoms with E-state index in [9.17, 15) is 20.1 Å². The van der Waals surface area contributed by atoms with Gasteiger partial charge in [-0.25, -0.2) is 0 Å². The molecule has 0 aromatic heterocycles. The van der Waals surface area contributed by atoms with Gasteiger partial charge in [-0.3, -0.25) is 4.79 Å². The second kappa shape index (κ2) is 5.14. The number of carbonyl (C=O) groups excluding carboxylic acids is 1. The Labute approximate surface area is 126 Å². The molecule has 1 aliphatic rings. The van der Waals surface area contributed by atoms with E-state index in [0.29, 0.717) is 11.3 Å². The lowest BCUT2D eigenvalue weighted by Gasteiger charge is -2.25. The number of hydrogen-bond donors (Lipinski definition) is 3. The van der Waals surface area contributed by atoms with E-state index in [1.807, 2.05) is 0 Å². The SMILES string of the molecule is COc1cc(O)c2c(c1)OCC(c1ccc(O)c(O)c1)C2=O. The van der Waals surface area contributed by atoms with Crippen molar-refractivity contribution in [3.05, 3.63) is 41.5 Å². The number of rotatable bonds is 2. The summed E-state index contributed by atoms with van der Waals surface area (Å²) in [6.07, 6.45) is 0. The van der Waals surface area contributed by atoms with Crippen molar-refractivity contribution in [3.8, 4) is 28.7 Å². The van der Waals surface area contributed by atoms with Crippen LogP contribution in [-0.4, -0.2) is 34.8 Å². The van der Waals surface area contributed by atoms with Gasteiger partial charge in [0.2, 0.25) is 0 Å². The number of hydrogen-bond acceptors (Lipinski definition) is 6. The number of aromatic hydroxyl groups is 3. The molecule has 3 N–H and O–H groups in total. The molecule has 0 saturated heterocycles. The topological polar surface area (TPSA) is 96.2 Å². The average molecular weight is 302 g/mol. The molecule has 0 amide bonds. The van der Waals surface area contributed by atoms with Gasteiger partial charge in [-0.05, 0) is 17.7 Å². The average Bonchev–Trinajstić information content (AvgIpc) is 2.50. The summed E-state index contributed by atoms with van der Waals surface area (Å²) in [7, 11) is 1.45. The van der Waals surface area contributed by atoms with Crippen LogP contribution in [0.15, 0.2) is 30.3 Å². The molecule has 0 fully saturated rings. The highest BCUT2D eigenvalue weighted by Crippen LogP contribution is 2.41. The summed E-state index contributed by atoms with van der Waals surface area (Å²) in [4.78, 5) is 12.6. The Morgan fingerprint density at radius 3 is 2.55 bits per heavy atom. The maximum atomic E-state index is 12.6. The zero-order valence-electron chi connectivity index (χ0n) is 11.7. The number of benzene rings is 2. The van der Waals surface area contributed by atoms with Gasteiger partial charge in [0.1, 0.15) is 29.4 Å². The van der Waals surface area contributed by atoms with Gasteiger partial charge < -0.3 is 24.8 Å². The molecule has 0 spiro atoms. The Kier molecular flexibility index (Phi) is 3.29. The summed E-state index contributed by atoms with van der Waals surface area (Å²) in [5.74, 6) is -1.11. The molecule has 6 nitrogen and oxygen atoms in total. The van der Waals surface area contributed by atoms with Crippen LogP contribution in [0.2, 0.25) is 0 Å². The molecule has 0 saturated carbocycles. The van der Waals surface area contributed by atoms with E-state index >= 15 is 0 Å². The molecule has 0 bridgehead atoms. The molecule has 6 heteroatoms. The zero-order chi connectivity index (χ0) is 15.9. The maximum Gasteiger partial charge on any atom is 0.181 e. The van der Waals surface area contributed by atoms with Crippen LogP contribution in [0.3, 0.4) is 0 Å². The van der Waals surface area contributed by atoms with E-state index in [4.69, 9.17) is 9.47 Å². The van der Waals surface area contributed by atoms with Crippen LogP contribution < -0.4 is 9.47 Å². The van der Waals surface area contributed by atoms with Crippen LogP contribution in [0.5, 0.6) is 28.7 Å². The third kappa shape index (κ3) is 2.18. The first-order chi connectivity index (χ1) is 10.5. The maximum absolute atomic E-state index is 12.6. The molecule has 22 heavy (non-hydrogen) atoms. The lowest BCUT2D eigenvalue weighted by atomic mass is 9.88. The highest BCUT2D eigenvalue weighted by molar-refractivity contribution is 6.06. The van der Waals surface area contributed by atoms with Crippen molar-refractivity contribution in [1.82, 2.24) is 0 Å². The van der Waals surface area contributed by atoms with Crippen molar-refractivity contribution in [2.45, 2.75) is 5.92 Å². The zero-order valence-corrected chi connectivity index (χ0v) is 11.7. The van der Waals surface area contributed by atoms with Crippen molar-refractivity contribution in [2.75, 3.05) is 13.7 Å². The van der Waals surface area contributed by atoms with Gasteiger partial charge in [0.05, 0.1) is 13.0 Å². The summed E-state index contributed by atoms with van der Waals surface area (Å²) in [6.45, 7) is 0.0721. The number of Topliss-reactive ketones (excluding diaryl/α,β-unsaturated/α-hetero) is 1. The predicted octanol–water partition coefficient (Wildman–Crippen LogP) is 2.17. The van der Waals surface area contributed by atoms with Crippen LogP contribution in [0.25, 0.3) is 0 Å². The normalized spacial score (nSPS) is 16.8. The van der Waals surface area contributed by atoms with E-state index in [-0.39, 0.29) is 41.0 Å². The van der Waals surface area contributed by atoms with Crippen molar-refractivity contribution >= 4 is 5.78 Å². The van der Waals surface area contributed by atoms with Crippen molar-refractivity contribution < 1.29 is 29.6 Å². The van der Waals surface area contributed by atoms with Gasteiger partial charge in [0.25, 0.3) is 0 Å². The molecule has 3 rings (SSSR count). The van der Waals surface area contributed by atoms with Crippen molar-refractivity contribution in [2.24, 2.45) is 0 Å². The van der Waals surface area contributed by atoms with E-state index in [1.54, 1.807) is 0 Å². The van der Waals surface area contributed by atoms with Gasteiger partial charge in [-0.1, -0.05) is 6.07 Å². The summed E-state index contributed by atoms with van der Waals surface area (Å²) >= 11 is 0. The summed E-state index contributed by atoms with van der Waals surface area (Å²) < 4.78 is 10.6. The number of ether oxygens (including phenoxy) is 2. The fraction of sp³-hybridized carbons (Fsp3) is 0.188. The largest absolute Gasteiger partial charge is 0.507 e. The lowest BCUT2D eigenvalue weighted by molar-refractivity contribution is 0.0892. The molecule has 1 atom stereocenters. The second-order valence-corrected chi connectivity index (χ2v) is 5.00. The minimum Gasteiger partial charge on any atom is -0.507 e. The molecule has 0 radical (unpaired) electrons. The fourth-order valence-corrected chi connectivity index (χ4v) is 2.48. The molecule has 114 valence electrons. The van der Waals surface area contributed by atoms with Crippen LogP contribution >= 0.6 is 0 Å². The van der Waals surface area contributed by atoms with Gasteiger partial charge in [-0.15, -0.1) is 0 Å². The highest BCUT2D eigenvalue weighted by atomic mass is 16.5. The van der Waals surface area contributed by atoms with Gasteiger partial charge >= 0.3 is 0 Å². The Bertz CT molecular complexity index is 753. The summed E-state index contributed by atoms with van der Waals surface area (Å²) in [6, 6.07) is 7.04. The predicted molar refractivity (Wildman–Crippen MR) is 77.0 cm³/mol. The smallest absolute Gasteiger partial charge is 0.181 e. The third-order valence-corrected chi connectivity index (χ3v) is 3.66. The van der Waals surface area contributed by atoms with E-state index in [2.05, 4.69) is 0 Å². The Balaban J connectivity index is 2.02. The lowest BCUT2D eigenvalue weighted by Crippen LogP contribution is -2.26. The summed E-state index contributed by atoms with van der Waals surface area (Å²) in [5, 5.41) is 28.9. The second-order valence-electron chi connectivity index (χ2n) is 5.00. The van der Waals surface area contributed by atoms with Gasteiger partial charge in [0, 0.05) is 12.1 Å². The van der Waals surface area contributed by atoms with Gasteiger partial charge in [-0.2, -0.15) is 0 Å². The number of fused-ring (bicyclic) bond motifs is 1. The molecular formula is C16H14O6. The van der Waals surface area contributed by atoms with Crippen LogP contribution in [0.4, 0.5) is 0 Å². The minimum atomic E-state index is -0.668. The first-order valence-corrected chi connectivity index (χ1v) is 6.61. The van der Waals surface area contributed by atoms with Gasteiger partial charge in [0.15, 0.2) is 17.3 Å². The quantitative estimate of drug-likeness (QED) is 0.736. The molecule has 2 aromatic carbocycles. The first-order valence-electron chi connectivity index (χ1n) is 6.61. The number of methoxy groups -OCH3 is 1. The molecular weight excluding hydrogens is 288 g/mol. The molecule has 1 aliphatic heterocycles. The third-order valence-electron chi connectivity index (χ3n) is 3.66. The molecule has 1 heterocycles. The van der Waals surface area contributed by atoms with E-state index in [0.717, 1.165) is 0 Å². The highest BCUT2D eigenvalue weighted by Gasteiger charge is 2.33. The van der Waals surface area contributed by atoms with Crippen LogP contribution in [0, 0.1) is 0 Å². The number of carbonyl (C=O) groups is 1. The fourth-order valence-electron chi connectivity index (χ4n) is 2.48. The molecule has 2 aromatic rings. The summed E-state index contributed by atoms with van der Waals surface area (Å²) in [5.41, 5.74) is 0.589. The van der Waals surface area contributed by atoms with Crippen molar-refractivity contribution in [3.63, 3.8) is 0 Å². The Morgan fingerprint density at radius 2 is 1.86 bits per heavy atom. The minimum absolute atomic E-state index is 0.0721. The molecule has 0 aliphatic carbocycles. The van der Waals surface area contributed by atoms with Crippen LogP contribution in [0.1, 0.15) is 21.8 Å². The Hall–Kier alpha value is -2.89. The number of phenolic OH excluding ortho intramolecular Hbond substituents is 3. The molecule has 1 unspecified atom stereocenters. The van der Waals surface area contributed by atoms with Crippen molar-refractivity contribution in [1.29, 1.82) is 0 Å². The standard InChI is InChI=1S/C16H14O6/c1-21-9-5-13(19)15-14(6-9)22-7-10(16(15)20)8-2-3-11(17)12(18)4-8/h2-6,10,17-19H,7H2,1H3. The number of ketones is 1. The Morgan fingerprint density at radius 1 is 1.09 bits per heavy atom. The van der Waals surface area contributed by atoms with Crippen LogP contribution in [-0.2, 0) is 0 Å². The van der Waals surface area contributed by atoms with E-state index in [1.165, 1.54) is 37.4 Å².